The van der Waals surface area contributed by atoms with Crippen LogP contribution < -0.4 is 10.1 Å². The number of amides is 1. The van der Waals surface area contributed by atoms with E-state index in [-0.39, 0.29) is 12.3 Å². The molecule has 0 spiro atoms. The van der Waals surface area contributed by atoms with Gasteiger partial charge in [0.25, 0.3) is 5.91 Å². The molecule has 2 rings (SSSR count). The molecule has 0 aliphatic rings. The first-order chi connectivity index (χ1) is 11.3. The van der Waals surface area contributed by atoms with Crippen LogP contribution in [0.15, 0.2) is 48.5 Å². The lowest BCUT2D eigenvalue weighted by molar-refractivity contribution is -0.137. The van der Waals surface area contributed by atoms with Gasteiger partial charge in [0.15, 0.2) is 6.10 Å². The molecule has 0 saturated carbocycles. The summed E-state index contributed by atoms with van der Waals surface area (Å²) in [7, 11) is 0. The first-order valence-electron chi connectivity index (χ1n) is 7.14. The number of hydrogen-bond acceptors (Lipinski definition) is 3. The number of halogens is 3. The number of nitrogens with one attached hydrogen (secondary N) is 1. The molecule has 4 nitrogen and oxygen atoms in total. The summed E-state index contributed by atoms with van der Waals surface area (Å²) < 4.78 is 43.4. The number of carbonyl (C=O) groups excluding carboxylic acids is 1. The maximum absolute atomic E-state index is 12.7. The molecule has 0 aliphatic heterocycles. The Labute approximate surface area is 136 Å². The van der Waals surface area contributed by atoms with Crippen LogP contribution in [0.5, 0.6) is 5.75 Å². The topological polar surface area (TPSA) is 58.6 Å². The van der Waals surface area contributed by atoms with Crippen molar-refractivity contribution < 1.29 is 27.8 Å². The zero-order chi connectivity index (χ0) is 17.7. The van der Waals surface area contributed by atoms with E-state index in [1.54, 1.807) is 24.3 Å². The number of carbonyl (C=O) groups is 1. The van der Waals surface area contributed by atoms with E-state index < -0.39 is 23.8 Å². The predicted octanol–water partition coefficient (Wildman–Crippen LogP) is 3.60. The van der Waals surface area contributed by atoms with Crippen molar-refractivity contribution >= 4 is 11.6 Å². The summed E-state index contributed by atoms with van der Waals surface area (Å²) in [6.07, 6.45) is -5.40. The lowest BCUT2D eigenvalue weighted by Crippen LogP contribution is -2.30. The molecule has 1 amide bonds. The van der Waals surface area contributed by atoms with Crippen LogP contribution in [-0.4, -0.2) is 17.1 Å². The number of aliphatic hydroxyl groups is 1. The van der Waals surface area contributed by atoms with E-state index in [1.807, 2.05) is 0 Å². The van der Waals surface area contributed by atoms with E-state index in [0.29, 0.717) is 11.3 Å². The quantitative estimate of drug-likeness (QED) is 0.875. The van der Waals surface area contributed by atoms with Crippen LogP contribution >= 0.6 is 0 Å². The second-order valence-electron chi connectivity index (χ2n) is 5.13. The molecule has 128 valence electrons. The molecule has 2 aromatic rings. The molecule has 0 bridgehead atoms. The minimum atomic E-state index is -4.48. The Morgan fingerprint density at radius 1 is 1.21 bits per heavy atom. The number of hydrogen-bond donors (Lipinski definition) is 2. The summed E-state index contributed by atoms with van der Waals surface area (Å²) in [5, 5.41) is 11.5. The molecule has 2 aromatic carbocycles. The van der Waals surface area contributed by atoms with E-state index in [4.69, 9.17) is 9.84 Å². The van der Waals surface area contributed by atoms with E-state index >= 15 is 0 Å². The van der Waals surface area contributed by atoms with Crippen molar-refractivity contribution in [3.8, 4) is 5.75 Å². The number of alkyl halides is 3. The van der Waals surface area contributed by atoms with Crippen LogP contribution in [0.25, 0.3) is 0 Å². The summed E-state index contributed by atoms with van der Waals surface area (Å²) in [4.78, 5) is 12.1. The maximum atomic E-state index is 12.7. The average Bonchev–Trinajstić information content (AvgIpc) is 2.54. The SMILES string of the molecule is CC(Oc1cccc(CO)c1)C(=O)Nc1cccc(C(F)(F)F)c1. The molecule has 0 heterocycles. The third-order valence-corrected chi connectivity index (χ3v) is 3.22. The van der Waals surface area contributed by atoms with Crippen molar-refractivity contribution in [3.05, 3.63) is 59.7 Å². The predicted molar refractivity (Wildman–Crippen MR) is 82.5 cm³/mol. The van der Waals surface area contributed by atoms with Crippen LogP contribution in [0.4, 0.5) is 18.9 Å². The average molecular weight is 339 g/mol. The van der Waals surface area contributed by atoms with Crippen LogP contribution in [-0.2, 0) is 17.6 Å². The molecule has 24 heavy (non-hydrogen) atoms. The highest BCUT2D eigenvalue weighted by Crippen LogP contribution is 2.30. The minimum Gasteiger partial charge on any atom is -0.481 e. The zero-order valence-corrected chi connectivity index (χ0v) is 12.8. The van der Waals surface area contributed by atoms with Gasteiger partial charge in [-0.2, -0.15) is 13.2 Å². The summed E-state index contributed by atoms with van der Waals surface area (Å²) in [5.74, 6) is -0.197. The molecule has 0 saturated heterocycles. The fourth-order valence-corrected chi connectivity index (χ4v) is 1.99. The fourth-order valence-electron chi connectivity index (χ4n) is 1.99. The Bertz CT molecular complexity index is 716. The minimum absolute atomic E-state index is 0.0365. The lowest BCUT2D eigenvalue weighted by Gasteiger charge is -2.16. The molecular formula is C17H16F3NO3. The Balaban J connectivity index is 2.03. The standard InChI is InChI=1S/C17H16F3NO3/c1-11(24-15-7-2-4-12(8-15)10-22)16(23)21-14-6-3-5-13(9-14)17(18,19)20/h2-9,11,22H,10H2,1H3,(H,21,23). The van der Waals surface area contributed by atoms with Gasteiger partial charge in [0.1, 0.15) is 5.75 Å². The number of ether oxygens (including phenoxy) is 1. The van der Waals surface area contributed by atoms with Crippen LogP contribution in [0.3, 0.4) is 0 Å². The van der Waals surface area contributed by atoms with Gasteiger partial charge in [0.2, 0.25) is 0 Å². The Kier molecular flexibility index (Phi) is 5.46. The van der Waals surface area contributed by atoms with Crippen molar-refractivity contribution in [1.82, 2.24) is 0 Å². The van der Waals surface area contributed by atoms with Crippen molar-refractivity contribution in [2.24, 2.45) is 0 Å². The molecule has 0 aliphatic carbocycles. The van der Waals surface area contributed by atoms with Gasteiger partial charge in [-0.15, -0.1) is 0 Å². The monoisotopic (exact) mass is 339 g/mol. The Morgan fingerprint density at radius 3 is 2.58 bits per heavy atom. The smallest absolute Gasteiger partial charge is 0.416 e. The summed E-state index contributed by atoms with van der Waals surface area (Å²) in [5.41, 5.74) is -0.183. The van der Waals surface area contributed by atoms with E-state index in [2.05, 4.69) is 5.32 Å². The molecule has 7 heteroatoms. The van der Waals surface area contributed by atoms with Gasteiger partial charge < -0.3 is 15.2 Å². The first-order valence-corrected chi connectivity index (χ1v) is 7.14. The second kappa shape index (κ2) is 7.35. The summed E-state index contributed by atoms with van der Waals surface area (Å²) in [6.45, 7) is 1.32. The third kappa shape index (κ3) is 4.73. The van der Waals surface area contributed by atoms with Gasteiger partial charge in [-0.1, -0.05) is 18.2 Å². The molecule has 1 unspecified atom stereocenters. The highest BCUT2D eigenvalue weighted by atomic mass is 19.4. The highest BCUT2D eigenvalue weighted by molar-refractivity contribution is 5.94. The van der Waals surface area contributed by atoms with E-state index in [0.717, 1.165) is 12.1 Å². The number of rotatable bonds is 5. The van der Waals surface area contributed by atoms with Crippen LogP contribution in [0.2, 0.25) is 0 Å². The van der Waals surface area contributed by atoms with E-state index in [9.17, 15) is 18.0 Å². The molecule has 2 N–H and O–H groups in total. The third-order valence-electron chi connectivity index (χ3n) is 3.22. The molecular weight excluding hydrogens is 323 g/mol. The van der Waals surface area contributed by atoms with Gasteiger partial charge in [0.05, 0.1) is 12.2 Å². The largest absolute Gasteiger partial charge is 0.481 e. The molecule has 1 atom stereocenters. The zero-order valence-electron chi connectivity index (χ0n) is 12.8. The lowest BCUT2D eigenvalue weighted by atomic mass is 10.2. The van der Waals surface area contributed by atoms with E-state index in [1.165, 1.54) is 19.1 Å². The van der Waals surface area contributed by atoms with Gasteiger partial charge in [-0.05, 0) is 42.8 Å². The summed E-state index contributed by atoms with van der Waals surface area (Å²) in [6, 6.07) is 10.9. The van der Waals surface area contributed by atoms with Crippen molar-refractivity contribution in [1.29, 1.82) is 0 Å². The van der Waals surface area contributed by atoms with Crippen molar-refractivity contribution in [2.45, 2.75) is 25.8 Å². The van der Waals surface area contributed by atoms with Crippen LogP contribution in [0.1, 0.15) is 18.1 Å². The fraction of sp³-hybridized carbons (Fsp3) is 0.235. The van der Waals surface area contributed by atoms with Gasteiger partial charge >= 0.3 is 6.18 Å². The summed E-state index contributed by atoms with van der Waals surface area (Å²) >= 11 is 0. The van der Waals surface area contributed by atoms with Crippen LogP contribution in [0, 0.1) is 0 Å². The molecule has 0 aromatic heterocycles. The normalized spacial score (nSPS) is 12.5. The number of anilines is 1. The Hall–Kier alpha value is -2.54. The van der Waals surface area contributed by atoms with Gasteiger partial charge in [0, 0.05) is 5.69 Å². The highest BCUT2D eigenvalue weighted by Gasteiger charge is 2.30. The molecule has 0 fully saturated rings. The number of benzene rings is 2. The maximum Gasteiger partial charge on any atom is 0.416 e. The molecule has 0 radical (unpaired) electrons. The Morgan fingerprint density at radius 2 is 1.92 bits per heavy atom. The van der Waals surface area contributed by atoms with Gasteiger partial charge in [-0.25, -0.2) is 0 Å². The van der Waals surface area contributed by atoms with Crippen molar-refractivity contribution in [3.63, 3.8) is 0 Å². The van der Waals surface area contributed by atoms with Gasteiger partial charge in [-0.3, -0.25) is 4.79 Å². The van der Waals surface area contributed by atoms with Crippen molar-refractivity contribution in [2.75, 3.05) is 5.32 Å². The first kappa shape index (κ1) is 17.8. The second-order valence-corrected chi connectivity index (χ2v) is 5.13. The number of aliphatic hydroxyl groups excluding tert-OH is 1.